The minimum Gasteiger partial charge on any atom is -0.352 e. The van der Waals surface area contributed by atoms with Crippen LogP contribution < -0.4 is 9.62 Å². The second kappa shape index (κ2) is 15.9. The van der Waals surface area contributed by atoms with Crippen LogP contribution in [0.5, 0.6) is 0 Å². The first-order valence-corrected chi connectivity index (χ1v) is 17.2. The molecular formula is C35H34Cl2F3N3O4S. The van der Waals surface area contributed by atoms with Gasteiger partial charge in [0.05, 0.1) is 21.2 Å². The zero-order valence-corrected chi connectivity index (χ0v) is 28.5. The summed E-state index contributed by atoms with van der Waals surface area (Å²) in [6.07, 6.45) is -4.16. The summed E-state index contributed by atoms with van der Waals surface area (Å²) in [4.78, 5) is 29.4. The number of amides is 2. The van der Waals surface area contributed by atoms with Crippen molar-refractivity contribution in [3.8, 4) is 0 Å². The molecule has 7 nitrogen and oxygen atoms in total. The largest absolute Gasteiger partial charge is 0.416 e. The van der Waals surface area contributed by atoms with Gasteiger partial charge in [0, 0.05) is 24.0 Å². The topological polar surface area (TPSA) is 86.8 Å². The molecule has 4 rings (SSSR count). The molecule has 0 saturated carbocycles. The molecule has 4 aromatic rings. The third-order valence-corrected chi connectivity index (χ3v) is 10.0. The van der Waals surface area contributed by atoms with E-state index < -0.39 is 51.9 Å². The minimum absolute atomic E-state index is 0.0676. The van der Waals surface area contributed by atoms with Crippen molar-refractivity contribution in [2.45, 2.75) is 56.4 Å². The summed E-state index contributed by atoms with van der Waals surface area (Å²) in [6, 6.07) is 23.4. The molecule has 2 amide bonds. The van der Waals surface area contributed by atoms with Crippen molar-refractivity contribution in [1.82, 2.24) is 10.2 Å². The van der Waals surface area contributed by atoms with Crippen molar-refractivity contribution in [3.05, 3.63) is 130 Å². The summed E-state index contributed by atoms with van der Waals surface area (Å²) in [5.41, 5.74) is -0.392. The van der Waals surface area contributed by atoms with Crippen LogP contribution in [-0.2, 0) is 38.8 Å². The average Bonchev–Trinajstić information content (AvgIpc) is 3.06. The van der Waals surface area contributed by atoms with Crippen LogP contribution in [0.25, 0.3) is 0 Å². The second-order valence-electron chi connectivity index (χ2n) is 11.2. The summed E-state index contributed by atoms with van der Waals surface area (Å²) < 4.78 is 70.3. The van der Waals surface area contributed by atoms with E-state index in [9.17, 15) is 31.2 Å². The molecule has 48 heavy (non-hydrogen) atoms. The highest BCUT2D eigenvalue weighted by molar-refractivity contribution is 7.92. The zero-order chi connectivity index (χ0) is 35.1. The highest BCUT2D eigenvalue weighted by Crippen LogP contribution is 2.37. The molecule has 0 saturated heterocycles. The molecule has 0 fully saturated rings. The molecule has 254 valence electrons. The van der Waals surface area contributed by atoms with Crippen molar-refractivity contribution in [1.29, 1.82) is 0 Å². The van der Waals surface area contributed by atoms with Gasteiger partial charge in [-0.1, -0.05) is 90.8 Å². The van der Waals surface area contributed by atoms with Crippen molar-refractivity contribution >= 4 is 50.7 Å². The van der Waals surface area contributed by atoms with Gasteiger partial charge in [-0.2, -0.15) is 13.2 Å². The van der Waals surface area contributed by atoms with Crippen LogP contribution in [0.4, 0.5) is 18.9 Å². The predicted octanol–water partition coefficient (Wildman–Crippen LogP) is 7.76. The predicted molar refractivity (Wildman–Crippen MR) is 181 cm³/mol. The van der Waals surface area contributed by atoms with Crippen LogP contribution in [0.3, 0.4) is 0 Å². The summed E-state index contributed by atoms with van der Waals surface area (Å²) >= 11 is 12.5. The SMILES string of the molecule is CC[C@@H](C)NC(=O)[C@H](Cc1ccccc1)N(Cc1ccc(Cl)cc1)C(=O)CN(c1cc(C(F)(F)F)ccc1Cl)S(=O)(=O)c1ccccc1. The van der Waals surface area contributed by atoms with E-state index in [1.165, 1.54) is 29.2 Å². The quantitative estimate of drug-likeness (QED) is 0.153. The highest BCUT2D eigenvalue weighted by atomic mass is 35.5. The Kier molecular flexibility index (Phi) is 12.2. The molecule has 2 atom stereocenters. The molecule has 0 aromatic heterocycles. The monoisotopic (exact) mass is 719 g/mol. The number of alkyl halides is 3. The van der Waals surface area contributed by atoms with Gasteiger partial charge >= 0.3 is 6.18 Å². The summed E-state index contributed by atoms with van der Waals surface area (Å²) in [6.45, 7) is 2.59. The maximum Gasteiger partial charge on any atom is 0.416 e. The number of halogens is 5. The van der Waals surface area contributed by atoms with Gasteiger partial charge in [0.15, 0.2) is 0 Å². The first-order chi connectivity index (χ1) is 22.7. The molecule has 0 aliphatic carbocycles. The van der Waals surface area contributed by atoms with E-state index in [2.05, 4.69) is 5.32 Å². The summed E-state index contributed by atoms with van der Waals surface area (Å²) in [7, 11) is -4.66. The fourth-order valence-corrected chi connectivity index (χ4v) is 6.74. The van der Waals surface area contributed by atoms with Crippen LogP contribution in [0.1, 0.15) is 37.0 Å². The molecule has 0 spiro atoms. The van der Waals surface area contributed by atoms with E-state index in [4.69, 9.17) is 23.2 Å². The Morgan fingerprint density at radius 3 is 2.04 bits per heavy atom. The van der Waals surface area contributed by atoms with Gasteiger partial charge in [-0.05, 0) is 66.9 Å². The Hall–Kier alpha value is -4.06. The van der Waals surface area contributed by atoms with E-state index in [0.717, 1.165) is 17.7 Å². The molecule has 0 heterocycles. The third-order valence-electron chi connectivity index (χ3n) is 7.69. The number of anilines is 1. The fourth-order valence-electron chi connectivity index (χ4n) is 4.89. The van der Waals surface area contributed by atoms with Crippen LogP contribution in [0.2, 0.25) is 10.0 Å². The number of carbonyl (C=O) groups is 2. The molecule has 0 bridgehead atoms. The van der Waals surface area contributed by atoms with E-state index in [0.29, 0.717) is 27.4 Å². The fraction of sp³-hybridized carbons (Fsp3) is 0.257. The number of hydrogen-bond acceptors (Lipinski definition) is 4. The van der Waals surface area contributed by atoms with Crippen molar-refractivity contribution in [2.24, 2.45) is 0 Å². The Bertz CT molecular complexity index is 1810. The van der Waals surface area contributed by atoms with Gasteiger partial charge in [0.2, 0.25) is 11.8 Å². The van der Waals surface area contributed by atoms with Crippen LogP contribution in [0, 0.1) is 0 Å². The van der Waals surface area contributed by atoms with Gasteiger partial charge in [0.25, 0.3) is 10.0 Å². The Morgan fingerprint density at radius 2 is 1.46 bits per heavy atom. The molecular weight excluding hydrogens is 686 g/mol. The first kappa shape index (κ1) is 36.8. The van der Waals surface area contributed by atoms with Crippen molar-refractivity contribution < 1.29 is 31.2 Å². The lowest BCUT2D eigenvalue weighted by atomic mass is 10.0. The number of sulfonamides is 1. The second-order valence-corrected chi connectivity index (χ2v) is 13.9. The standard InChI is InChI=1S/C35H34Cl2F3N3O4S/c1-3-24(2)41-34(45)32(20-25-10-6-4-7-11-25)42(22-26-14-17-28(36)18-15-26)33(44)23-43(48(46,47)29-12-8-5-9-13-29)31-21-27(35(38,39)40)16-19-30(31)37/h4-19,21,24,32H,3,20,22-23H2,1-2H3,(H,41,45)/t24-,32+/m1/s1. The van der Waals surface area contributed by atoms with Crippen LogP contribution >= 0.6 is 23.2 Å². The zero-order valence-electron chi connectivity index (χ0n) is 26.1. The Labute approximate surface area is 288 Å². The van der Waals surface area contributed by atoms with Crippen molar-refractivity contribution in [2.75, 3.05) is 10.8 Å². The lowest BCUT2D eigenvalue weighted by Gasteiger charge is -2.34. The number of rotatable bonds is 13. The maximum absolute atomic E-state index is 14.5. The van der Waals surface area contributed by atoms with Crippen molar-refractivity contribution in [3.63, 3.8) is 0 Å². The lowest BCUT2D eigenvalue weighted by molar-refractivity contribution is -0.140. The first-order valence-electron chi connectivity index (χ1n) is 15.0. The van der Waals surface area contributed by atoms with E-state index in [1.807, 2.05) is 13.8 Å². The Balaban J connectivity index is 1.87. The van der Waals surface area contributed by atoms with Gasteiger partial charge in [-0.3, -0.25) is 13.9 Å². The lowest BCUT2D eigenvalue weighted by Crippen LogP contribution is -2.54. The van der Waals surface area contributed by atoms with Gasteiger partial charge in [0.1, 0.15) is 12.6 Å². The van der Waals surface area contributed by atoms with E-state index in [-0.39, 0.29) is 28.9 Å². The smallest absolute Gasteiger partial charge is 0.352 e. The molecule has 0 aliphatic heterocycles. The number of nitrogens with zero attached hydrogens (tertiary/aromatic N) is 2. The van der Waals surface area contributed by atoms with Gasteiger partial charge < -0.3 is 10.2 Å². The minimum atomic E-state index is -4.83. The van der Waals surface area contributed by atoms with Crippen LogP contribution in [-0.4, -0.2) is 43.8 Å². The Morgan fingerprint density at radius 1 is 0.854 bits per heavy atom. The molecule has 13 heteroatoms. The van der Waals surface area contributed by atoms with Gasteiger partial charge in [-0.25, -0.2) is 8.42 Å². The van der Waals surface area contributed by atoms with E-state index >= 15 is 0 Å². The molecule has 0 unspecified atom stereocenters. The molecule has 0 aliphatic rings. The molecule has 1 N–H and O–H groups in total. The van der Waals surface area contributed by atoms with E-state index in [1.54, 1.807) is 60.7 Å². The van der Waals surface area contributed by atoms with Gasteiger partial charge in [-0.15, -0.1) is 0 Å². The average molecular weight is 721 g/mol. The maximum atomic E-state index is 14.5. The number of nitrogens with one attached hydrogen (secondary N) is 1. The normalized spacial score (nSPS) is 13.0. The number of benzene rings is 4. The summed E-state index contributed by atoms with van der Waals surface area (Å²) in [5.74, 6) is -1.33. The third kappa shape index (κ3) is 9.30. The summed E-state index contributed by atoms with van der Waals surface area (Å²) in [5, 5.41) is 3.03. The number of carbonyl (C=O) groups excluding carboxylic acids is 2. The molecule has 4 aromatic carbocycles. The number of hydrogen-bond donors (Lipinski definition) is 1. The van der Waals surface area contributed by atoms with Crippen LogP contribution in [0.15, 0.2) is 108 Å². The molecule has 0 radical (unpaired) electrons. The highest BCUT2D eigenvalue weighted by Gasteiger charge is 2.37.